The Bertz CT molecular complexity index is 629. The highest BCUT2D eigenvalue weighted by Crippen LogP contribution is 2.22. The molecule has 0 saturated heterocycles. The third kappa shape index (κ3) is 3.51. The smallest absolute Gasteiger partial charge is 0.255 e. The number of hydrogen-bond donors (Lipinski definition) is 2. The van der Waals surface area contributed by atoms with Crippen molar-refractivity contribution in [3.63, 3.8) is 0 Å². The van der Waals surface area contributed by atoms with Crippen LogP contribution >= 0.6 is 15.9 Å². The van der Waals surface area contributed by atoms with Crippen molar-refractivity contribution in [2.45, 2.75) is 6.92 Å². The van der Waals surface area contributed by atoms with E-state index < -0.39 is 0 Å². The van der Waals surface area contributed by atoms with E-state index in [0.29, 0.717) is 28.0 Å². The molecule has 0 atom stereocenters. The number of nitrogens with two attached hydrogens (primary N) is 1. The summed E-state index contributed by atoms with van der Waals surface area (Å²) < 4.78 is 6.10. The van der Waals surface area contributed by atoms with Crippen LogP contribution in [0.4, 0.5) is 11.4 Å². The molecule has 2 rings (SSSR count). The molecule has 2 aromatic rings. The zero-order valence-corrected chi connectivity index (χ0v) is 12.6. The normalized spacial score (nSPS) is 10.1. The van der Waals surface area contributed by atoms with E-state index in [2.05, 4.69) is 21.2 Å². The van der Waals surface area contributed by atoms with Crippen molar-refractivity contribution < 1.29 is 9.53 Å². The van der Waals surface area contributed by atoms with Gasteiger partial charge >= 0.3 is 0 Å². The highest BCUT2D eigenvalue weighted by atomic mass is 79.9. The van der Waals surface area contributed by atoms with Crippen LogP contribution in [-0.2, 0) is 0 Å². The zero-order chi connectivity index (χ0) is 14.5. The summed E-state index contributed by atoms with van der Waals surface area (Å²) in [5, 5.41) is 2.82. The second-order valence-electron chi connectivity index (χ2n) is 4.15. The van der Waals surface area contributed by atoms with Crippen molar-refractivity contribution in [2.75, 3.05) is 17.7 Å². The molecule has 0 unspecified atom stereocenters. The first-order valence-electron chi connectivity index (χ1n) is 6.19. The SMILES string of the molecule is CCOc1cccc(NC(=O)c2ccc(N)c(Br)c2)c1. The molecule has 1 amide bonds. The second kappa shape index (κ2) is 6.43. The number of nitrogens with one attached hydrogen (secondary N) is 1. The summed E-state index contributed by atoms with van der Waals surface area (Å²) in [4.78, 5) is 12.1. The number of rotatable bonds is 4. The fraction of sp³-hybridized carbons (Fsp3) is 0.133. The van der Waals surface area contributed by atoms with Gasteiger partial charge in [0.05, 0.1) is 6.61 Å². The molecule has 0 saturated carbocycles. The average Bonchev–Trinajstić information content (AvgIpc) is 2.42. The maximum atomic E-state index is 12.1. The van der Waals surface area contributed by atoms with Crippen molar-refractivity contribution in [2.24, 2.45) is 0 Å². The molecular formula is C15H15BrN2O2. The molecule has 5 heteroatoms. The van der Waals surface area contributed by atoms with Crippen LogP contribution in [0.2, 0.25) is 0 Å². The highest BCUT2D eigenvalue weighted by Gasteiger charge is 2.08. The van der Waals surface area contributed by atoms with E-state index in [1.807, 2.05) is 25.1 Å². The molecule has 0 aliphatic heterocycles. The van der Waals surface area contributed by atoms with Gasteiger partial charge in [-0.25, -0.2) is 0 Å². The van der Waals surface area contributed by atoms with Crippen molar-refractivity contribution >= 4 is 33.2 Å². The van der Waals surface area contributed by atoms with Crippen LogP contribution in [0, 0.1) is 0 Å². The van der Waals surface area contributed by atoms with Crippen LogP contribution in [0.15, 0.2) is 46.9 Å². The molecule has 0 aromatic heterocycles. The highest BCUT2D eigenvalue weighted by molar-refractivity contribution is 9.10. The molecule has 4 nitrogen and oxygen atoms in total. The zero-order valence-electron chi connectivity index (χ0n) is 11.0. The number of anilines is 2. The largest absolute Gasteiger partial charge is 0.494 e. The maximum absolute atomic E-state index is 12.1. The first-order chi connectivity index (χ1) is 9.60. The van der Waals surface area contributed by atoms with Gasteiger partial charge in [0.15, 0.2) is 0 Å². The molecule has 104 valence electrons. The predicted octanol–water partition coefficient (Wildman–Crippen LogP) is 3.68. The molecule has 0 spiro atoms. The lowest BCUT2D eigenvalue weighted by Crippen LogP contribution is -2.12. The van der Waals surface area contributed by atoms with Crippen LogP contribution in [0.1, 0.15) is 17.3 Å². The average molecular weight is 335 g/mol. The van der Waals surface area contributed by atoms with E-state index >= 15 is 0 Å². The van der Waals surface area contributed by atoms with E-state index in [-0.39, 0.29) is 5.91 Å². The standard InChI is InChI=1S/C15H15BrN2O2/c1-2-20-12-5-3-4-11(9-12)18-15(19)10-6-7-14(17)13(16)8-10/h3-9H,2,17H2,1H3,(H,18,19). The van der Waals surface area contributed by atoms with Gasteiger partial charge in [0.2, 0.25) is 0 Å². The molecular weight excluding hydrogens is 320 g/mol. The lowest BCUT2D eigenvalue weighted by atomic mass is 10.2. The minimum atomic E-state index is -0.195. The summed E-state index contributed by atoms with van der Waals surface area (Å²) in [5.74, 6) is 0.531. The molecule has 0 radical (unpaired) electrons. The number of amides is 1. The lowest BCUT2D eigenvalue weighted by molar-refractivity contribution is 0.102. The van der Waals surface area contributed by atoms with Gasteiger partial charge in [0, 0.05) is 27.5 Å². The molecule has 0 heterocycles. The Balaban J connectivity index is 2.14. The van der Waals surface area contributed by atoms with Gasteiger partial charge < -0.3 is 15.8 Å². The van der Waals surface area contributed by atoms with Gasteiger partial charge in [0.25, 0.3) is 5.91 Å². The van der Waals surface area contributed by atoms with Crippen molar-refractivity contribution in [3.8, 4) is 5.75 Å². The molecule has 0 fully saturated rings. The van der Waals surface area contributed by atoms with E-state index in [1.54, 1.807) is 24.3 Å². The topological polar surface area (TPSA) is 64.3 Å². The van der Waals surface area contributed by atoms with Crippen LogP contribution in [0.3, 0.4) is 0 Å². The molecule has 0 bridgehead atoms. The van der Waals surface area contributed by atoms with Crippen LogP contribution < -0.4 is 15.8 Å². The third-order valence-corrected chi connectivity index (χ3v) is 3.35. The van der Waals surface area contributed by atoms with E-state index in [0.717, 1.165) is 5.75 Å². The van der Waals surface area contributed by atoms with Gasteiger partial charge in [-0.2, -0.15) is 0 Å². The minimum absolute atomic E-state index is 0.195. The van der Waals surface area contributed by atoms with Gasteiger partial charge in [-0.05, 0) is 53.2 Å². The van der Waals surface area contributed by atoms with Crippen LogP contribution in [0.5, 0.6) is 5.75 Å². The van der Waals surface area contributed by atoms with Gasteiger partial charge in [0.1, 0.15) is 5.75 Å². The van der Waals surface area contributed by atoms with Crippen LogP contribution in [0.25, 0.3) is 0 Å². The number of nitrogen functional groups attached to an aromatic ring is 1. The van der Waals surface area contributed by atoms with Gasteiger partial charge in [-0.1, -0.05) is 6.07 Å². The number of halogens is 1. The molecule has 0 aliphatic rings. The third-order valence-electron chi connectivity index (χ3n) is 2.67. The maximum Gasteiger partial charge on any atom is 0.255 e. The summed E-state index contributed by atoms with van der Waals surface area (Å²) in [6.07, 6.45) is 0. The summed E-state index contributed by atoms with van der Waals surface area (Å²) >= 11 is 3.31. The fourth-order valence-electron chi connectivity index (χ4n) is 1.70. The summed E-state index contributed by atoms with van der Waals surface area (Å²) in [7, 11) is 0. The van der Waals surface area contributed by atoms with Crippen molar-refractivity contribution in [3.05, 3.63) is 52.5 Å². The number of benzene rings is 2. The Labute approximate surface area is 126 Å². The second-order valence-corrected chi connectivity index (χ2v) is 5.01. The predicted molar refractivity (Wildman–Crippen MR) is 84.1 cm³/mol. The number of hydrogen-bond acceptors (Lipinski definition) is 3. The number of carbonyl (C=O) groups is 1. The Kier molecular flexibility index (Phi) is 4.63. The van der Waals surface area contributed by atoms with Gasteiger partial charge in [-0.15, -0.1) is 0 Å². The Hall–Kier alpha value is -2.01. The van der Waals surface area contributed by atoms with Gasteiger partial charge in [-0.3, -0.25) is 4.79 Å². The molecule has 3 N–H and O–H groups in total. The Morgan fingerprint density at radius 1 is 1.30 bits per heavy atom. The van der Waals surface area contributed by atoms with Crippen LogP contribution in [-0.4, -0.2) is 12.5 Å². The van der Waals surface area contributed by atoms with Crippen molar-refractivity contribution in [1.29, 1.82) is 0 Å². The summed E-state index contributed by atoms with van der Waals surface area (Å²) in [5.41, 5.74) is 7.52. The number of carbonyl (C=O) groups excluding carboxylic acids is 1. The van der Waals surface area contributed by atoms with E-state index in [1.165, 1.54) is 0 Å². The number of ether oxygens (including phenoxy) is 1. The molecule has 2 aromatic carbocycles. The summed E-state index contributed by atoms with van der Waals surface area (Å²) in [6, 6.07) is 12.3. The first kappa shape index (κ1) is 14.4. The molecule has 0 aliphatic carbocycles. The van der Waals surface area contributed by atoms with Crippen molar-refractivity contribution in [1.82, 2.24) is 0 Å². The fourth-order valence-corrected chi connectivity index (χ4v) is 2.08. The summed E-state index contributed by atoms with van der Waals surface area (Å²) in [6.45, 7) is 2.50. The van der Waals surface area contributed by atoms with E-state index in [4.69, 9.17) is 10.5 Å². The quantitative estimate of drug-likeness (QED) is 0.838. The monoisotopic (exact) mass is 334 g/mol. The van der Waals surface area contributed by atoms with E-state index in [9.17, 15) is 4.79 Å². The first-order valence-corrected chi connectivity index (χ1v) is 6.98. The lowest BCUT2D eigenvalue weighted by Gasteiger charge is -2.08. The minimum Gasteiger partial charge on any atom is -0.494 e. The Morgan fingerprint density at radius 2 is 2.10 bits per heavy atom. The molecule has 20 heavy (non-hydrogen) atoms. The Morgan fingerprint density at radius 3 is 2.80 bits per heavy atom.